The maximum Gasteiger partial charge on any atom is 0.231 e. The Morgan fingerprint density at radius 3 is 2.62 bits per heavy atom. The molecule has 0 atom stereocenters. The SMILES string of the molecule is CCN(CC[N+](C)(C)C)c1ccc(/N=N/c2nc3cc4[nH]ncc4cc3s2)cc1. The van der Waals surface area contributed by atoms with Gasteiger partial charge in [0.05, 0.1) is 61.9 Å². The molecule has 2 heterocycles. The highest BCUT2D eigenvalue weighted by Crippen LogP contribution is 2.32. The average molecular weight is 409 g/mol. The van der Waals surface area contributed by atoms with Gasteiger partial charge in [0.15, 0.2) is 0 Å². The number of aromatic nitrogens is 3. The maximum atomic E-state index is 4.56. The zero-order valence-electron chi connectivity index (χ0n) is 17.3. The van der Waals surface area contributed by atoms with Gasteiger partial charge in [0.25, 0.3) is 0 Å². The molecule has 0 fully saturated rings. The Kier molecular flexibility index (Phi) is 5.29. The zero-order chi connectivity index (χ0) is 20.4. The van der Waals surface area contributed by atoms with Gasteiger partial charge < -0.3 is 9.38 Å². The molecule has 150 valence electrons. The third-order valence-corrected chi connectivity index (χ3v) is 5.73. The maximum absolute atomic E-state index is 4.56. The second kappa shape index (κ2) is 7.88. The van der Waals surface area contributed by atoms with Gasteiger partial charge in [-0.2, -0.15) is 5.10 Å². The number of benzene rings is 2. The molecule has 2 aromatic carbocycles. The minimum atomic E-state index is 0.655. The van der Waals surface area contributed by atoms with Crippen molar-refractivity contribution < 1.29 is 4.48 Å². The van der Waals surface area contributed by atoms with Gasteiger partial charge >= 0.3 is 0 Å². The van der Waals surface area contributed by atoms with E-state index in [1.165, 1.54) is 17.0 Å². The van der Waals surface area contributed by atoms with Crippen LogP contribution in [0, 0.1) is 0 Å². The molecular weight excluding hydrogens is 382 g/mol. The fourth-order valence-corrected chi connectivity index (χ4v) is 3.93. The fraction of sp³-hybridized carbons (Fsp3) is 0.333. The highest BCUT2D eigenvalue weighted by Gasteiger charge is 2.11. The zero-order valence-corrected chi connectivity index (χ0v) is 18.1. The number of hydrogen-bond donors (Lipinski definition) is 1. The van der Waals surface area contributed by atoms with Crippen molar-refractivity contribution >= 4 is 49.0 Å². The number of thiazole rings is 1. The summed E-state index contributed by atoms with van der Waals surface area (Å²) in [7, 11) is 6.66. The van der Waals surface area contributed by atoms with E-state index in [9.17, 15) is 0 Å². The van der Waals surface area contributed by atoms with E-state index in [-0.39, 0.29) is 0 Å². The van der Waals surface area contributed by atoms with Crippen LogP contribution in [0.1, 0.15) is 6.92 Å². The van der Waals surface area contributed by atoms with Crippen LogP contribution in [0.5, 0.6) is 0 Å². The van der Waals surface area contributed by atoms with Crippen LogP contribution in [0.4, 0.5) is 16.5 Å². The van der Waals surface area contributed by atoms with E-state index in [0.29, 0.717) is 5.13 Å². The molecule has 4 aromatic rings. The second-order valence-corrected chi connectivity index (χ2v) is 9.09. The van der Waals surface area contributed by atoms with E-state index in [1.54, 1.807) is 0 Å². The van der Waals surface area contributed by atoms with Crippen molar-refractivity contribution in [1.82, 2.24) is 15.2 Å². The predicted molar refractivity (Wildman–Crippen MR) is 121 cm³/mol. The number of nitrogens with zero attached hydrogens (tertiary/aromatic N) is 6. The van der Waals surface area contributed by atoms with Crippen molar-refractivity contribution in [2.75, 3.05) is 45.7 Å². The van der Waals surface area contributed by atoms with Gasteiger partial charge in [-0.3, -0.25) is 5.10 Å². The quantitative estimate of drug-likeness (QED) is 0.341. The number of likely N-dealkylation sites (N-methyl/N-ethyl adjacent to an activating group) is 2. The van der Waals surface area contributed by atoms with Gasteiger partial charge in [0.1, 0.15) is 0 Å². The lowest BCUT2D eigenvalue weighted by Gasteiger charge is -2.29. The number of anilines is 1. The number of H-pyrrole nitrogens is 1. The van der Waals surface area contributed by atoms with Crippen molar-refractivity contribution in [2.24, 2.45) is 10.2 Å². The number of fused-ring (bicyclic) bond motifs is 2. The number of rotatable bonds is 7. The van der Waals surface area contributed by atoms with Gasteiger partial charge in [0.2, 0.25) is 5.13 Å². The minimum absolute atomic E-state index is 0.655. The largest absolute Gasteiger partial charge is 0.366 e. The second-order valence-electron chi connectivity index (χ2n) is 8.08. The summed E-state index contributed by atoms with van der Waals surface area (Å²) in [5, 5.41) is 17.5. The lowest BCUT2D eigenvalue weighted by Crippen LogP contribution is -2.42. The molecule has 0 aliphatic carbocycles. The number of azo groups is 1. The summed E-state index contributed by atoms with van der Waals surface area (Å²) in [5.41, 5.74) is 3.93. The summed E-state index contributed by atoms with van der Waals surface area (Å²) in [4.78, 5) is 6.95. The van der Waals surface area contributed by atoms with Gasteiger partial charge in [-0.05, 0) is 43.3 Å². The number of nitrogens with one attached hydrogen (secondary N) is 1. The summed E-state index contributed by atoms with van der Waals surface area (Å²) < 4.78 is 2.04. The first-order valence-electron chi connectivity index (χ1n) is 9.72. The smallest absolute Gasteiger partial charge is 0.231 e. The molecule has 0 amide bonds. The van der Waals surface area contributed by atoms with E-state index in [0.717, 1.165) is 50.9 Å². The van der Waals surface area contributed by atoms with Gasteiger partial charge in [-0.1, -0.05) is 11.3 Å². The predicted octanol–water partition coefficient (Wildman–Crippen LogP) is 5.12. The molecule has 0 aliphatic rings. The summed E-state index contributed by atoms with van der Waals surface area (Å²) in [6.07, 6.45) is 1.82. The molecule has 0 spiro atoms. The van der Waals surface area contributed by atoms with E-state index >= 15 is 0 Å². The Labute approximate surface area is 174 Å². The standard InChI is InChI=1S/C21H26N7S/c1-5-27(10-11-28(2,3)4)17-8-6-16(7-9-17)24-26-21-23-19-13-18-15(14-22-25-18)12-20(19)29-21/h6-9,12-14H,5,10-11H2,1-4H3,(H,22,25)/q+1/b26-24+. The molecule has 2 aromatic heterocycles. The van der Waals surface area contributed by atoms with Crippen LogP contribution in [0.2, 0.25) is 0 Å². The Bertz CT molecular complexity index is 1090. The minimum Gasteiger partial charge on any atom is -0.366 e. The van der Waals surface area contributed by atoms with Crippen molar-refractivity contribution in [3.63, 3.8) is 0 Å². The van der Waals surface area contributed by atoms with E-state index in [2.05, 4.69) is 76.6 Å². The first kappa shape index (κ1) is 19.5. The third kappa shape index (κ3) is 4.60. The first-order valence-corrected chi connectivity index (χ1v) is 10.5. The summed E-state index contributed by atoms with van der Waals surface area (Å²) in [6.45, 7) is 5.29. The molecule has 29 heavy (non-hydrogen) atoms. The van der Waals surface area contributed by atoms with E-state index in [4.69, 9.17) is 0 Å². The monoisotopic (exact) mass is 408 g/mol. The van der Waals surface area contributed by atoms with Crippen molar-refractivity contribution in [3.05, 3.63) is 42.6 Å². The van der Waals surface area contributed by atoms with Crippen LogP contribution in [0.3, 0.4) is 0 Å². The summed E-state index contributed by atoms with van der Waals surface area (Å²) in [5.74, 6) is 0. The molecule has 0 aliphatic heterocycles. The molecule has 0 radical (unpaired) electrons. The van der Waals surface area contributed by atoms with Crippen LogP contribution >= 0.6 is 11.3 Å². The molecular formula is C21H26N7S+. The highest BCUT2D eigenvalue weighted by atomic mass is 32.1. The topological polar surface area (TPSA) is 69.5 Å². The van der Waals surface area contributed by atoms with E-state index < -0.39 is 0 Å². The van der Waals surface area contributed by atoms with Crippen LogP contribution in [-0.2, 0) is 0 Å². The van der Waals surface area contributed by atoms with Crippen molar-refractivity contribution in [1.29, 1.82) is 0 Å². The Morgan fingerprint density at radius 2 is 1.90 bits per heavy atom. The Balaban J connectivity index is 1.47. The van der Waals surface area contributed by atoms with Crippen molar-refractivity contribution in [3.8, 4) is 0 Å². The fourth-order valence-electron chi connectivity index (χ4n) is 3.12. The normalized spacial score (nSPS) is 12.4. The number of hydrogen-bond acceptors (Lipinski definition) is 6. The highest BCUT2D eigenvalue weighted by molar-refractivity contribution is 7.22. The molecule has 0 saturated carbocycles. The van der Waals surface area contributed by atoms with Crippen LogP contribution in [-0.4, -0.2) is 60.4 Å². The van der Waals surface area contributed by atoms with Crippen molar-refractivity contribution in [2.45, 2.75) is 6.92 Å². The summed E-state index contributed by atoms with van der Waals surface area (Å²) >= 11 is 1.53. The Morgan fingerprint density at radius 1 is 1.10 bits per heavy atom. The van der Waals surface area contributed by atoms with Crippen LogP contribution < -0.4 is 4.90 Å². The van der Waals surface area contributed by atoms with Gasteiger partial charge in [-0.25, -0.2) is 4.98 Å². The molecule has 1 N–H and O–H groups in total. The van der Waals surface area contributed by atoms with Gasteiger partial charge in [-0.15, -0.1) is 10.2 Å². The van der Waals surface area contributed by atoms with E-state index in [1.807, 2.05) is 24.4 Å². The number of aromatic amines is 1. The van der Waals surface area contributed by atoms with Gasteiger partial charge in [0, 0.05) is 17.6 Å². The lowest BCUT2D eigenvalue weighted by atomic mass is 10.2. The van der Waals surface area contributed by atoms with Crippen LogP contribution in [0.25, 0.3) is 21.1 Å². The molecule has 0 saturated heterocycles. The number of quaternary nitrogens is 1. The molecule has 8 heteroatoms. The first-order chi connectivity index (χ1) is 13.9. The molecule has 4 rings (SSSR count). The third-order valence-electron chi connectivity index (χ3n) is 4.83. The molecule has 7 nitrogen and oxygen atoms in total. The molecule has 0 unspecified atom stereocenters. The lowest BCUT2D eigenvalue weighted by molar-refractivity contribution is -0.868. The Hall–Kier alpha value is -2.84. The summed E-state index contributed by atoms with van der Waals surface area (Å²) in [6, 6.07) is 12.3. The average Bonchev–Trinajstić information content (AvgIpc) is 3.30. The molecule has 0 bridgehead atoms. The van der Waals surface area contributed by atoms with Crippen LogP contribution in [0.15, 0.2) is 52.8 Å².